The summed E-state index contributed by atoms with van der Waals surface area (Å²) in [6.07, 6.45) is 7.44. The Labute approximate surface area is 176 Å². The number of aromatic nitrogens is 1. The van der Waals surface area contributed by atoms with Gasteiger partial charge in [-0.05, 0) is 50.5 Å². The maximum absolute atomic E-state index is 13.6. The Kier molecular flexibility index (Phi) is 4.92. The third kappa shape index (κ3) is 3.90. The molecule has 0 radical (unpaired) electrons. The highest BCUT2D eigenvalue weighted by molar-refractivity contribution is 5.99. The smallest absolute Gasteiger partial charge is 0.163 e. The molecule has 0 bridgehead atoms. The summed E-state index contributed by atoms with van der Waals surface area (Å²) in [5.74, 6) is -0.316. The quantitative estimate of drug-likeness (QED) is 0.500. The minimum atomic E-state index is -0.575. The second-order valence-electron chi connectivity index (χ2n) is 8.64. The number of pyridine rings is 1. The number of ether oxygens (including phenoxy) is 2. The average Bonchev–Trinajstić information content (AvgIpc) is 3.57. The van der Waals surface area contributed by atoms with Crippen LogP contribution in [0.15, 0.2) is 54.6 Å². The largest absolute Gasteiger partial charge is 0.350 e. The van der Waals surface area contributed by atoms with Gasteiger partial charge in [-0.2, -0.15) is 0 Å². The molecule has 2 fully saturated rings. The summed E-state index contributed by atoms with van der Waals surface area (Å²) in [6.45, 7) is 4.58. The van der Waals surface area contributed by atoms with Crippen LogP contribution in [-0.2, 0) is 9.47 Å². The lowest BCUT2D eigenvalue weighted by molar-refractivity contribution is -0.262. The van der Waals surface area contributed by atoms with Crippen LogP contribution in [0.1, 0.15) is 50.3 Å². The van der Waals surface area contributed by atoms with Gasteiger partial charge in [0.1, 0.15) is 5.82 Å². The highest BCUT2D eigenvalue weighted by Gasteiger charge is 2.31. The van der Waals surface area contributed by atoms with Gasteiger partial charge in [0.05, 0.1) is 23.9 Å². The van der Waals surface area contributed by atoms with Crippen molar-refractivity contribution in [2.75, 3.05) is 6.61 Å². The first-order chi connectivity index (χ1) is 14.5. The number of nitrogens with zero attached hydrogens (tertiary/aromatic N) is 1. The van der Waals surface area contributed by atoms with Crippen LogP contribution >= 0.6 is 0 Å². The molecule has 0 amide bonds. The van der Waals surface area contributed by atoms with Crippen molar-refractivity contribution < 1.29 is 13.9 Å². The molecule has 3 nitrogen and oxygen atoms in total. The molecule has 1 saturated heterocycles. The van der Waals surface area contributed by atoms with Crippen molar-refractivity contribution in [2.45, 2.75) is 50.9 Å². The van der Waals surface area contributed by atoms with E-state index in [2.05, 4.69) is 24.3 Å². The molecule has 1 saturated carbocycles. The summed E-state index contributed by atoms with van der Waals surface area (Å²) in [5, 5.41) is 1.08. The van der Waals surface area contributed by atoms with Crippen LogP contribution in [0.5, 0.6) is 0 Å². The summed E-state index contributed by atoms with van der Waals surface area (Å²) in [6, 6.07) is 15.0. The van der Waals surface area contributed by atoms with E-state index in [0.717, 1.165) is 52.5 Å². The fourth-order valence-electron chi connectivity index (χ4n) is 4.23. The maximum Gasteiger partial charge on any atom is 0.163 e. The van der Waals surface area contributed by atoms with E-state index in [1.54, 1.807) is 0 Å². The molecular weight excluding hydrogens is 377 g/mol. The van der Waals surface area contributed by atoms with Crippen LogP contribution in [0, 0.1) is 5.82 Å². The molecule has 5 rings (SSSR count). The minimum Gasteiger partial charge on any atom is -0.350 e. The molecule has 1 aliphatic heterocycles. The summed E-state index contributed by atoms with van der Waals surface area (Å²) < 4.78 is 25.4. The van der Waals surface area contributed by atoms with Crippen LogP contribution in [0.4, 0.5) is 4.39 Å². The van der Waals surface area contributed by atoms with Crippen LogP contribution in [0.2, 0.25) is 0 Å². The van der Waals surface area contributed by atoms with Crippen molar-refractivity contribution in [3.8, 4) is 11.1 Å². The van der Waals surface area contributed by atoms with Gasteiger partial charge in [0.2, 0.25) is 0 Å². The number of rotatable bonds is 4. The lowest BCUT2D eigenvalue weighted by Gasteiger charge is -2.34. The Bertz CT molecular complexity index is 1100. The molecule has 1 aliphatic carbocycles. The molecule has 2 aromatic carbocycles. The Morgan fingerprint density at radius 2 is 1.80 bits per heavy atom. The SMILES string of the molecule is CC1(C)OCCC(C=Cc2c(C3CC3)nc3ccccc3c2-c2ccc(F)cc2)O1. The molecule has 1 aromatic heterocycles. The van der Waals surface area contributed by atoms with Gasteiger partial charge < -0.3 is 9.47 Å². The fraction of sp³-hybridized carbons (Fsp3) is 0.346. The van der Waals surface area contributed by atoms with Crippen LogP contribution < -0.4 is 0 Å². The predicted octanol–water partition coefficient (Wildman–Crippen LogP) is 6.47. The van der Waals surface area contributed by atoms with Crippen LogP contribution in [-0.4, -0.2) is 23.5 Å². The van der Waals surface area contributed by atoms with Crippen molar-refractivity contribution in [1.29, 1.82) is 0 Å². The molecule has 2 heterocycles. The van der Waals surface area contributed by atoms with E-state index in [4.69, 9.17) is 14.5 Å². The predicted molar refractivity (Wildman–Crippen MR) is 118 cm³/mol. The summed E-state index contributed by atoms with van der Waals surface area (Å²) in [7, 11) is 0. The second-order valence-corrected chi connectivity index (χ2v) is 8.64. The van der Waals surface area contributed by atoms with Gasteiger partial charge in [0.25, 0.3) is 0 Å². The Balaban J connectivity index is 1.67. The van der Waals surface area contributed by atoms with Crippen molar-refractivity contribution in [1.82, 2.24) is 4.98 Å². The van der Waals surface area contributed by atoms with E-state index in [1.165, 1.54) is 12.1 Å². The molecule has 3 aromatic rings. The van der Waals surface area contributed by atoms with E-state index in [1.807, 2.05) is 38.1 Å². The highest BCUT2D eigenvalue weighted by atomic mass is 19.1. The first kappa shape index (κ1) is 19.4. The maximum atomic E-state index is 13.6. The summed E-state index contributed by atoms with van der Waals surface area (Å²) >= 11 is 0. The molecule has 2 aliphatic rings. The molecule has 1 atom stereocenters. The van der Waals surface area contributed by atoms with Gasteiger partial charge in [-0.3, -0.25) is 4.98 Å². The zero-order valence-corrected chi connectivity index (χ0v) is 17.4. The molecule has 0 N–H and O–H groups in total. The standard InChI is InChI=1S/C26H26FNO2/c1-26(2)29-16-15-20(30-26)13-14-22-24(17-9-11-19(27)12-10-17)21-5-3-4-6-23(21)28-25(22)18-7-8-18/h3-6,9-14,18,20H,7-8,15-16H2,1-2H3. The molecule has 154 valence electrons. The van der Waals surface area contributed by atoms with E-state index in [-0.39, 0.29) is 11.9 Å². The van der Waals surface area contributed by atoms with E-state index in [9.17, 15) is 4.39 Å². The minimum absolute atomic E-state index is 0.00617. The van der Waals surface area contributed by atoms with Gasteiger partial charge in [-0.15, -0.1) is 0 Å². The Morgan fingerprint density at radius 1 is 1.03 bits per heavy atom. The first-order valence-corrected chi connectivity index (χ1v) is 10.7. The molecule has 4 heteroatoms. The average molecular weight is 403 g/mol. The van der Waals surface area contributed by atoms with Crippen LogP contribution in [0.3, 0.4) is 0 Å². The van der Waals surface area contributed by atoms with Gasteiger partial charge in [-0.25, -0.2) is 4.39 Å². The normalized spacial score (nSPS) is 21.4. The number of benzene rings is 2. The van der Waals surface area contributed by atoms with E-state index < -0.39 is 5.79 Å². The highest BCUT2D eigenvalue weighted by Crippen LogP contribution is 2.45. The van der Waals surface area contributed by atoms with Crippen molar-refractivity contribution >= 4 is 17.0 Å². The van der Waals surface area contributed by atoms with Gasteiger partial charge in [0, 0.05) is 28.9 Å². The van der Waals surface area contributed by atoms with Crippen molar-refractivity contribution in [3.05, 3.63) is 71.7 Å². The number of para-hydroxylation sites is 1. The topological polar surface area (TPSA) is 31.4 Å². The fourth-order valence-corrected chi connectivity index (χ4v) is 4.23. The zero-order valence-electron chi connectivity index (χ0n) is 17.4. The van der Waals surface area contributed by atoms with Gasteiger partial charge >= 0.3 is 0 Å². The first-order valence-electron chi connectivity index (χ1n) is 10.7. The van der Waals surface area contributed by atoms with Gasteiger partial charge in [-0.1, -0.05) is 42.5 Å². The van der Waals surface area contributed by atoms with Crippen molar-refractivity contribution in [3.63, 3.8) is 0 Å². The van der Waals surface area contributed by atoms with Gasteiger partial charge in [0.15, 0.2) is 5.79 Å². The molecule has 30 heavy (non-hydrogen) atoms. The Hall–Kier alpha value is -2.56. The third-order valence-corrected chi connectivity index (χ3v) is 5.82. The van der Waals surface area contributed by atoms with E-state index >= 15 is 0 Å². The second kappa shape index (κ2) is 7.60. The zero-order chi connectivity index (χ0) is 20.7. The van der Waals surface area contributed by atoms with Crippen LogP contribution in [0.25, 0.3) is 28.1 Å². The van der Waals surface area contributed by atoms with Crippen molar-refractivity contribution in [2.24, 2.45) is 0 Å². The third-order valence-electron chi connectivity index (χ3n) is 5.82. The summed E-state index contributed by atoms with van der Waals surface area (Å²) in [4.78, 5) is 5.04. The lowest BCUT2D eigenvalue weighted by Crippen LogP contribution is -2.38. The Morgan fingerprint density at radius 3 is 2.53 bits per heavy atom. The van der Waals surface area contributed by atoms with E-state index in [0.29, 0.717) is 12.5 Å². The number of halogens is 1. The molecule has 0 spiro atoms. The lowest BCUT2D eigenvalue weighted by atomic mass is 9.92. The number of hydrogen-bond acceptors (Lipinski definition) is 3. The molecule has 1 unspecified atom stereocenters. The number of fused-ring (bicyclic) bond motifs is 1. The molecular formula is C26H26FNO2. The monoisotopic (exact) mass is 403 g/mol. The number of hydrogen-bond donors (Lipinski definition) is 0. The summed E-state index contributed by atoms with van der Waals surface area (Å²) in [5.41, 5.74) is 5.36.